The van der Waals surface area contributed by atoms with Crippen LogP contribution in [0.5, 0.6) is 0 Å². The van der Waals surface area contributed by atoms with E-state index in [1.807, 2.05) is 53.4 Å². The van der Waals surface area contributed by atoms with Crippen molar-refractivity contribution in [3.8, 4) is 29.2 Å². The summed E-state index contributed by atoms with van der Waals surface area (Å²) in [6.07, 6.45) is 1.69. The zero-order valence-corrected chi connectivity index (χ0v) is 17.7. The number of aromatic nitrogens is 3. The number of hydrogen-bond acceptors (Lipinski definition) is 5. The number of amides is 1. The lowest BCUT2D eigenvalue weighted by molar-refractivity contribution is 0.0303. The first kappa shape index (κ1) is 20.4. The van der Waals surface area contributed by atoms with E-state index < -0.39 is 0 Å². The maximum absolute atomic E-state index is 12.7. The first-order chi connectivity index (χ1) is 16.2. The van der Waals surface area contributed by atoms with Gasteiger partial charge in [0.1, 0.15) is 5.69 Å². The smallest absolute Gasteiger partial charge is 0.254 e. The summed E-state index contributed by atoms with van der Waals surface area (Å²) in [5, 5.41) is 13.6. The molecule has 160 valence electrons. The largest absolute Gasteiger partial charge is 0.378 e. The van der Waals surface area contributed by atoms with Crippen LogP contribution < -0.4 is 0 Å². The fraction of sp³-hybridized carbons (Fsp3) is 0.154. The minimum Gasteiger partial charge on any atom is -0.378 e. The van der Waals surface area contributed by atoms with Crippen LogP contribution >= 0.6 is 0 Å². The van der Waals surface area contributed by atoms with Crippen molar-refractivity contribution in [3.63, 3.8) is 0 Å². The SMILES string of the molecule is N#Cc1ccc(C#Cc2cnc3ccc(-c4ccc(C(=O)N5CCOCC5)cc4)nn23)cc1. The molecule has 0 unspecified atom stereocenters. The van der Waals surface area contributed by atoms with E-state index in [1.165, 1.54) is 0 Å². The average molecular weight is 433 g/mol. The van der Waals surface area contributed by atoms with Crippen molar-refractivity contribution in [1.29, 1.82) is 5.26 Å². The zero-order valence-electron chi connectivity index (χ0n) is 17.7. The van der Waals surface area contributed by atoms with Gasteiger partial charge in [-0.1, -0.05) is 18.1 Å². The van der Waals surface area contributed by atoms with E-state index in [9.17, 15) is 4.79 Å². The lowest BCUT2D eigenvalue weighted by atomic mass is 10.1. The van der Waals surface area contributed by atoms with Crippen LogP contribution in [0, 0.1) is 23.2 Å². The number of hydrogen-bond donors (Lipinski definition) is 0. The fourth-order valence-corrected chi connectivity index (χ4v) is 3.61. The third-order valence-electron chi connectivity index (χ3n) is 5.44. The van der Waals surface area contributed by atoms with Crippen LogP contribution in [0.1, 0.15) is 27.2 Å². The number of imidazole rings is 1. The lowest BCUT2D eigenvalue weighted by Crippen LogP contribution is -2.40. The maximum Gasteiger partial charge on any atom is 0.254 e. The van der Waals surface area contributed by atoms with Gasteiger partial charge >= 0.3 is 0 Å². The molecular formula is C26H19N5O2. The summed E-state index contributed by atoms with van der Waals surface area (Å²) in [6, 6.07) is 20.5. The molecule has 0 aliphatic carbocycles. The molecule has 0 bridgehead atoms. The predicted molar refractivity (Wildman–Crippen MR) is 122 cm³/mol. The quantitative estimate of drug-likeness (QED) is 0.454. The van der Waals surface area contributed by atoms with Crippen LogP contribution in [-0.2, 0) is 4.74 Å². The molecule has 1 aliphatic heterocycles. The molecule has 7 heteroatoms. The Kier molecular flexibility index (Phi) is 5.55. The molecule has 1 fully saturated rings. The summed E-state index contributed by atoms with van der Waals surface area (Å²) in [5.41, 5.74) is 5.07. The number of ether oxygens (including phenoxy) is 1. The molecule has 5 rings (SSSR count). The van der Waals surface area contributed by atoms with E-state index in [-0.39, 0.29) is 5.91 Å². The van der Waals surface area contributed by atoms with Gasteiger partial charge in [0.05, 0.1) is 36.7 Å². The van der Waals surface area contributed by atoms with Crippen molar-refractivity contribution in [2.24, 2.45) is 0 Å². The summed E-state index contributed by atoms with van der Waals surface area (Å²) in [6.45, 7) is 2.39. The number of nitrogens with zero attached hydrogens (tertiary/aromatic N) is 5. The number of benzene rings is 2. The van der Waals surface area contributed by atoms with Crippen LogP contribution in [-0.4, -0.2) is 51.7 Å². The predicted octanol–water partition coefficient (Wildman–Crippen LogP) is 3.14. The Hall–Kier alpha value is -4.46. The second kappa shape index (κ2) is 8.96. The van der Waals surface area contributed by atoms with Gasteiger partial charge in [-0.3, -0.25) is 4.79 Å². The van der Waals surface area contributed by atoms with Gasteiger partial charge in [0.15, 0.2) is 5.65 Å². The highest BCUT2D eigenvalue weighted by Gasteiger charge is 2.18. The van der Waals surface area contributed by atoms with Crippen molar-refractivity contribution < 1.29 is 9.53 Å². The first-order valence-corrected chi connectivity index (χ1v) is 10.6. The number of rotatable bonds is 2. The van der Waals surface area contributed by atoms with Crippen LogP contribution in [0.3, 0.4) is 0 Å². The summed E-state index contributed by atoms with van der Waals surface area (Å²) in [5.74, 6) is 6.21. The van der Waals surface area contributed by atoms with Gasteiger partial charge in [-0.15, -0.1) is 0 Å². The molecule has 1 saturated heterocycles. The highest BCUT2D eigenvalue weighted by Crippen LogP contribution is 2.19. The monoisotopic (exact) mass is 433 g/mol. The molecule has 0 spiro atoms. The van der Waals surface area contributed by atoms with E-state index in [2.05, 4.69) is 22.9 Å². The van der Waals surface area contributed by atoms with Crippen molar-refractivity contribution in [2.75, 3.05) is 26.3 Å². The topological polar surface area (TPSA) is 83.5 Å². The Labute approximate surface area is 190 Å². The van der Waals surface area contributed by atoms with E-state index in [1.54, 1.807) is 22.8 Å². The summed E-state index contributed by atoms with van der Waals surface area (Å²) < 4.78 is 7.03. The molecule has 7 nitrogen and oxygen atoms in total. The second-order valence-electron chi connectivity index (χ2n) is 7.55. The van der Waals surface area contributed by atoms with Crippen molar-refractivity contribution in [3.05, 3.63) is 89.2 Å². The molecule has 2 aromatic heterocycles. The Morgan fingerprint density at radius 2 is 1.64 bits per heavy atom. The van der Waals surface area contributed by atoms with Gasteiger partial charge < -0.3 is 9.64 Å². The van der Waals surface area contributed by atoms with E-state index >= 15 is 0 Å². The Balaban J connectivity index is 1.40. The fourth-order valence-electron chi connectivity index (χ4n) is 3.61. The molecule has 1 aliphatic rings. The van der Waals surface area contributed by atoms with E-state index in [4.69, 9.17) is 15.1 Å². The highest BCUT2D eigenvalue weighted by molar-refractivity contribution is 5.94. The third kappa shape index (κ3) is 4.31. The number of carbonyl (C=O) groups excluding carboxylic acids is 1. The minimum atomic E-state index is 0.0169. The van der Waals surface area contributed by atoms with Gasteiger partial charge in [-0.2, -0.15) is 10.4 Å². The van der Waals surface area contributed by atoms with Gasteiger partial charge in [-0.05, 0) is 54.5 Å². The summed E-state index contributed by atoms with van der Waals surface area (Å²) >= 11 is 0. The molecule has 0 radical (unpaired) electrons. The summed E-state index contributed by atoms with van der Waals surface area (Å²) in [7, 11) is 0. The number of carbonyl (C=O) groups is 1. The molecule has 0 N–H and O–H groups in total. The Morgan fingerprint density at radius 1 is 0.909 bits per heavy atom. The summed E-state index contributed by atoms with van der Waals surface area (Å²) in [4.78, 5) is 18.9. The van der Waals surface area contributed by atoms with Crippen LogP contribution in [0.25, 0.3) is 16.9 Å². The molecule has 1 amide bonds. The third-order valence-corrected chi connectivity index (χ3v) is 5.44. The number of morpholine rings is 1. The molecule has 33 heavy (non-hydrogen) atoms. The Morgan fingerprint density at radius 3 is 2.36 bits per heavy atom. The molecule has 0 saturated carbocycles. The van der Waals surface area contributed by atoms with E-state index in [0.29, 0.717) is 48.8 Å². The van der Waals surface area contributed by atoms with Gasteiger partial charge in [0, 0.05) is 29.8 Å². The Bertz CT molecular complexity index is 1410. The molecule has 0 atom stereocenters. The molecule has 2 aromatic carbocycles. The maximum atomic E-state index is 12.7. The first-order valence-electron chi connectivity index (χ1n) is 10.6. The van der Waals surface area contributed by atoms with Crippen molar-refractivity contribution >= 4 is 11.6 Å². The van der Waals surface area contributed by atoms with Crippen LogP contribution in [0.4, 0.5) is 0 Å². The molecule has 3 heterocycles. The van der Waals surface area contributed by atoms with Gasteiger partial charge in [0.25, 0.3) is 5.91 Å². The molecule has 4 aromatic rings. The van der Waals surface area contributed by atoms with E-state index in [0.717, 1.165) is 16.8 Å². The normalized spacial score (nSPS) is 13.2. The number of fused-ring (bicyclic) bond motifs is 1. The second-order valence-corrected chi connectivity index (χ2v) is 7.55. The molecular weight excluding hydrogens is 414 g/mol. The average Bonchev–Trinajstić information content (AvgIpc) is 3.30. The van der Waals surface area contributed by atoms with Gasteiger partial charge in [-0.25, -0.2) is 9.50 Å². The van der Waals surface area contributed by atoms with Crippen LogP contribution in [0.15, 0.2) is 66.9 Å². The standard InChI is InChI=1S/C26H19N5O2/c27-17-20-3-1-19(2-4-20)5-10-23-18-28-25-12-11-24(29-31(23)25)21-6-8-22(9-7-21)26(32)30-13-15-33-16-14-30/h1-4,6-9,11-12,18H,13-16H2. The lowest BCUT2D eigenvalue weighted by Gasteiger charge is -2.26. The van der Waals surface area contributed by atoms with Gasteiger partial charge in [0.2, 0.25) is 0 Å². The van der Waals surface area contributed by atoms with Crippen molar-refractivity contribution in [1.82, 2.24) is 19.5 Å². The van der Waals surface area contributed by atoms with Crippen LogP contribution in [0.2, 0.25) is 0 Å². The minimum absolute atomic E-state index is 0.0169. The number of nitriles is 1. The zero-order chi connectivity index (χ0) is 22.6. The highest BCUT2D eigenvalue weighted by atomic mass is 16.5. The van der Waals surface area contributed by atoms with Crippen molar-refractivity contribution in [2.45, 2.75) is 0 Å².